The van der Waals surface area contributed by atoms with E-state index >= 15 is 0 Å². The van der Waals surface area contributed by atoms with Crippen molar-refractivity contribution in [2.45, 2.75) is 37.3 Å². The van der Waals surface area contributed by atoms with Gasteiger partial charge in [-0.05, 0) is 31.7 Å². The van der Waals surface area contributed by atoms with Gasteiger partial charge in [-0.2, -0.15) is 0 Å². The van der Waals surface area contributed by atoms with E-state index in [0.717, 1.165) is 32.2 Å². The third kappa shape index (κ3) is 2.40. The first-order chi connectivity index (χ1) is 9.24. The van der Waals surface area contributed by atoms with Crippen molar-refractivity contribution in [1.29, 1.82) is 0 Å². The highest BCUT2D eigenvalue weighted by Gasteiger charge is 2.45. The number of carbonyl (C=O) groups is 1. The minimum absolute atomic E-state index is 0.0171. The second-order valence-corrected chi connectivity index (χ2v) is 5.33. The van der Waals surface area contributed by atoms with E-state index in [1.165, 1.54) is 0 Å². The fourth-order valence-electron chi connectivity index (χ4n) is 2.54. The molecule has 2 N–H and O–H groups in total. The Hall–Kier alpha value is -1.69. The molecule has 0 spiro atoms. The van der Waals surface area contributed by atoms with Gasteiger partial charge < -0.3 is 15.3 Å². The van der Waals surface area contributed by atoms with Crippen LogP contribution in [-0.4, -0.2) is 45.7 Å². The van der Waals surface area contributed by atoms with E-state index in [4.69, 9.17) is 0 Å². The number of rotatable bonds is 4. The normalized spacial score (nSPS) is 24.3. The molecule has 1 saturated carbocycles. The fourth-order valence-corrected chi connectivity index (χ4v) is 2.54. The lowest BCUT2D eigenvalue weighted by atomic mass is 10.2. The van der Waals surface area contributed by atoms with Crippen LogP contribution in [0.25, 0.3) is 0 Å². The Kier molecular flexibility index (Phi) is 3.10. The van der Waals surface area contributed by atoms with Crippen molar-refractivity contribution < 1.29 is 9.90 Å². The first-order valence-corrected chi connectivity index (χ1v) is 6.71. The quantitative estimate of drug-likeness (QED) is 0.804. The molecule has 1 aliphatic carbocycles. The summed E-state index contributed by atoms with van der Waals surface area (Å²) in [5.41, 5.74) is -0.358. The summed E-state index contributed by atoms with van der Waals surface area (Å²) in [6, 6.07) is 1.55. The van der Waals surface area contributed by atoms with Crippen LogP contribution in [0.2, 0.25) is 0 Å². The molecule has 0 aromatic carbocycles. The molecule has 2 aliphatic rings. The molecule has 1 saturated heterocycles. The van der Waals surface area contributed by atoms with Gasteiger partial charge in [-0.25, -0.2) is 9.97 Å². The van der Waals surface area contributed by atoms with Gasteiger partial charge in [0, 0.05) is 18.9 Å². The summed E-state index contributed by atoms with van der Waals surface area (Å²) in [5, 5.41) is 12.3. The van der Waals surface area contributed by atoms with Gasteiger partial charge in [0.05, 0.1) is 12.1 Å². The van der Waals surface area contributed by atoms with E-state index < -0.39 is 0 Å². The lowest BCUT2D eigenvalue weighted by Crippen LogP contribution is -2.49. The molecule has 19 heavy (non-hydrogen) atoms. The smallest absolute Gasteiger partial charge is 0.243 e. The monoisotopic (exact) mass is 262 g/mol. The Morgan fingerprint density at radius 2 is 2.21 bits per heavy atom. The Morgan fingerprint density at radius 1 is 1.47 bits per heavy atom. The molecule has 2 fully saturated rings. The molecule has 3 rings (SSSR count). The van der Waals surface area contributed by atoms with E-state index in [9.17, 15) is 9.90 Å². The number of hydrogen-bond acceptors (Lipinski definition) is 5. The maximum atomic E-state index is 12.3. The molecule has 2 heterocycles. The lowest BCUT2D eigenvalue weighted by Gasteiger charge is -2.25. The van der Waals surface area contributed by atoms with Crippen molar-refractivity contribution in [3.05, 3.63) is 18.5 Å². The SMILES string of the molecule is O=C(NC1(CO)CC1)C1CCCN1c1ncccn1. The summed E-state index contributed by atoms with van der Waals surface area (Å²) in [4.78, 5) is 22.7. The van der Waals surface area contributed by atoms with Gasteiger partial charge in [-0.15, -0.1) is 0 Å². The zero-order valence-electron chi connectivity index (χ0n) is 10.7. The molecule has 102 valence electrons. The van der Waals surface area contributed by atoms with Gasteiger partial charge in [0.25, 0.3) is 0 Å². The highest BCUT2D eigenvalue weighted by Crippen LogP contribution is 2.35. The highest BCUT2D eigenvalue weighted by atomic mass is 16.3. The maximum absolute atomic E-state index is 12.3. The van der Waals surface area contributed by atoms with Gasteiger partial charge in [0.2, 0.25) is 11.9 Å². The Balaban J connectivity index is 1.71. The minimum Gasteiger partial charge on any atom is -0.394 e. The van der Waals surface area contributed by atoms with Crippen LogP contribution in [0.1, 0.15) is 25.7 Å². The second-order valence-electron chi connectivity index (χ2n) is 5.33. The van der Waals surface area contributed by atoms with Crippen molar-refractivity contribution in [2.24, 2.45) is 0 Å². The van der Waals surface area contributed by atoms with Crippen LogP contribution in [0.3, 0.4) is 0 Å². The Morgan fingerprint density at radius 3 is 2.84 bits per heavy atom. The van der Waals surface area contributed by atoms with Gasteiger partial charge in [-0.1, -0.05) is 0 Å². The standard InChI is InChI=1S/C13H18N4O2/c18-9-13(4-5-13)16-11(19)10-3-1-8-17(10)12-14-6-2-7-15-12/h2,6-7,10,18H,1,3-5,8-9H2,(H,16,19). The first-order valence-electron chi connectivity index (χ1n) is 6.71. The first kappa shape index (κ1) is 12.3. The molecule has 1 atom stereocenters. The molecule has 1 aliphatic heterocycles. The Bertz CT molecular complexity index is 461. The van der Waals surface area contributed by atoms with E-state index in [0.29, 0.717) is 5.95 Å². The zero-order valence-corrected chi connectivity index (χ0v) is 10.7. The number of nitrogens with one attached hydrogen (secondary N) is 1. The zero-order chi connectivity index (χ0) is 13.3. The Labute approximate surface area is 111 Å². The molecule has 0 radical (unpaired) electrons. The maximum Gasteiger partial charge on any atom is 0.243 e. The largest absolute Gasteiger partial charge is 0.394 e. The molecule has 1 unspecified atom stereocenters. The summed E-state index contributed by atoms with van der Waals surface area (Å²) < 4.78 is 0. The van der Waals surface area contributed by atoms with Crippen molar-refractivity contribution in [1.82, 2.24) is 15.3 Å². The minimum atomic E-state index is -0.358. The number of aromatic nitrogens is 2. The van der Waals surface area contributed by atoms with Gasteiger partial charge in [0.15, 0.2) is 0 Å². The topological polar surface area (TPSA) is 78.4 Å². The van der Waals surface area contributed by atoms with E-state index in [1.54, 1.807) is 18.5 Å². The van der Waals surface area contributed by atoms with Crippen molar-refractivity contribution in [3.8, 4) is 0 Å². The summed E-state index contributed by atoms with van der Waals surface area (Å²) in [5.74, 6) is 0.588. The average molecular weight is 262 g/mol. The number of aliphatic hydroxyl groups is 1. The van der Waals surface area contributed by atoms with Gasteiger partial charge in [0.1, 0.15) is 6.04 Å². The van der Waals surface area contributed by atoms with Crippen LogP contribution in [0.15, 0.2) is 18.5 Å². The number of aliphatic hydroxyl groups excluding tert-OH is 1. The highest BCUT2D eigenvalue weighted by molar-refractivity contribution is 5.86. The molecular formula is C13H18N4O2. The third-order valence-corrected chi connectivity index (χ3v) is 3.91. The summed E-state index contributed by atoms with van der Waals surface area (Å²) in [6.45, 7) is 0.821. The molecule has 0 bridgehead atoms. The van der Waals surface area contributed by atoms with Crippen molar-refractivity contribution in [2.75, 3.05) is 18.1 Å². The van der Waals surface area contributed by atoms with Crippen LogP contribution in [0.4, 0.5) is 5.95 Å². The van der Waals surface area contributed by atoms with Gasteiger partial charge in [-0.3, -0.25) is 4.79 Å². The van der Waals surface area contributed by atoms with Crippen LogP contribution in [0, 0.1) is 0 Å². The number of anilines is 1. The lowest BCUT2D eigenvalue weighted by molar-refractivity contribution is -0.123. The number of amides is 1. The fraction of sp³-hybridized carbons (Fsp3) is 0.615. The van der Waals surface area contributed by atoms with Crippen LogP contribution in [0.5, 0.6) is 0 Å². The second kappa shape index (κ2) is 4.77. The summed E-state index contributed by atoms with van der Waals surface area (Å²) in [6.07, 6.45) is 6.87. The molecule has 1 aromatic heterocycles. The van der Waals surface area contributed by atoms with E-state index in [-0.39, 0.29) is 24.1 Å². The summed E-state index contributed by atoms with van der Waals surface area (Å²) in [7, 11) is 0. The van der Waals surface area contributed by atoms with E-state index in [2.05, 4.69) is 15.3 Å². The molecule has 1 amide bonds. The number of carbonyl (C=O) groups excluding carboxylic acids is 1. The average Bonchev–Trinajstić information content (AvgIpc) is 3.04. The summed E-state index contributed by atoms with van der Waals surface area (Å²) >= 11 is 0. The molecular weight excluding hydrogens is 244 g/mol. The van der Waals surface area contributed by atoms with Crippen molar-refractivity contribution in [3.63, 3.8) is 0 Å². The number of hydrogen-bond donors (Lipinski definition) is 2. The van der Waals surface area contributed by atoms with Crippen LogP contribution < -0.4 is 10.2 Å². The van der Waals surface area contributed by atoms with Crippen molar-refractivity contribution >= 4 is 11.9 Å². The van der Waals surface area contributed by atoms with E-state index in [1.807, 2.05) is 4.90 Å². The number of nitrogens with zero attached hydrogens (tertiary/aromatic N) is 3. The van der Waals surface area contributed by atoms with Gasteiger partial charge >= 0.3 is 0 Å². The predicted molar refractivity (Wildman–Crippen MR) is 69.6 cm³/mol. The van der Waals surface area contributed by atoms with Crippen LogP contribution >= 0.6 is 0 Å². The third-order valence-electron chi connectivity index (χ3n) is 3.91. The molecule has 6 nitrogen and oxygen atoms in total. The molecule has 6 heteroatoms. The predicted octanol–water partition coefficient (Wildman–Crippen LogP) is 0.0865. The molecule has 1 aromatic rings. The van der Waals surface area contributed by atoms with Crippen LogP contribution in [-0.2, 0) is 4.79 Å².